The minimum atomic E-state index is -0.111. The molecule has 2 atom stereocenters. The normalized spacial score (nSPS) is 22.6. The van der Waals surface area contributed by atoms with E-state index >= 15 is 0 Å². The van der Waals surface area contributed by atoms with Gasteiger partial charge in [-0.1, -0.05) is 36.5 Å². The van der Waals surface area contributed by atoms with E-state index in [0.29, 0.717) is 10.9 Å². The van der Waals surface area contributed by atoms with Gasteiger partial charge in [-0.05, 0) is 36.3 Å². The molecule has 3 N–H and O–H groups in total. The first-order valence-electron chi connectivity index (χ1n) is 6.34. The zero-order valence-corrected chi connectivity index (χ0v) is 10.9. The molecule has 0 radical (unpaired) electrons. The first-order valence-corrected chi connectivity index (χ1v) is 6.75. The van der Waals surface area contributed by atoms with Crippen molar-refractivity contribution >= 4 is 23.1 Å². The number of thiocarbonyl (C=S) groups is 1. The van der Waals surface area contributed by atoms with Crippen molar-refractivity contribution in [3.63, 3.8) is 0 Å². The van der Waals surface area contributed by atoms with E-state index in [1.54, 1.807) is 0 Å². The number of hydrogen-bond acceptors (Lipinski definition) is 2. The summed E-state index contributed by atoms with van der Waals surface area (Å²) in [5.74, 6) is 0.511. The Hall–Kier alpha value is -1.42. The fraction of sp³-hybridized carbons (Fsp3) is 0.429. The lowest BCUT2D eigenvalue weighted by atomic mass is 9.77. The van der Waals surface area contributed by atoms with Crippen LogP contribution < -0.4 is 11.1 Å². The Morgan fingerprint density at radius 3 is 2.72 bits per heavy atom. The fourth-order valence-electron chi connectivity index (χ4n) is 2.60. The molecule has 0 saturated heterocycles. The molecule has 18 heavy (non-hydrogen) atoms. The smallest absolute Gasteiger partial charge is 0.228 e. The highest BCUT2D eigenvalue weighted by Gasteiger charge is 2.38. The lowest BCUT2D eigenvalue weighted by molar-refractivity contribution is -0.123. The first-order chi connectivity index (χ1) is 8.66. The van der Waals surface area contributed by atoms with Crippen LogP contribution in [0, 0.1) is 5.92 Å². The summed E-state index contributed by atoms with van der Waals surface area (Å²) in [4.78, 5) is 12.6. The zero-order chi connectivity index (χ0) is 12.7. The van der Waals surface area contributed by atoms with Crippen LogP contribution >= 0.6 is 12.2 Å². The Balaban J connectivity index is 1.68. The van der Waals surface area contributed by atoms with Crippen LogP contribution in [0.2, 0.25) is 0 Å². The van der Waals surface area contributed by atoms with Crippen molar-refractivity contribution < 1.29 is 4.79 Å². The van der Waals surface area contributed by atoms with E-state index in [0.717, 1.165) is 24.8 Å². The first kappa shape index (κ1) is 11.7. The van der Waals surface area contributed by atoms with Crippen LogP contribution in [0.3, 0.4) is 0 Å². The molecule has 0 spiro atoms. The molecule has 2 aliphatic carbocycles. The number of amides is 1. The molecule has 3 nitrogen and oxygen atoms in total. The number of fused-ring (bicyclic) bond motifs is 1. The number of rotatable bonds is 4. The maximum Gasteiger partial charge on any atom is 0.228 e. The second-order valence-electron chi connectivity index (χ2n) is 5.18. The molecule has 0 bridgehead atoms. The third-order valence-corrected chi connectivity index (χ3v) is 4.12. The molecule has 0 aliphatic heterocycles. The van der Waals surface area contributed by atoms with Crippen LogP contribution in [-0.4, -0.2) is 16.9 Å². The number of nitrogens with two attached hydrogens (primary N) is 1. The van der Waals surface area contributed by atoms with Gasteiger partial charge in [-0.15, -0.1) is 0 Å². The van der Waals surface area contributed by atoms with Gasteiger partial charge >= 0.3 is 0 Å². The summed E-state index contributed by atoms with van der Waals surface area (Å²) < 4.78 is 0. The van der Waals surface area contributed by atoms with Crippen molar-refractivity contribution in [2.75, 3.05) is 0 Å². The molecule has 1 saturated carbocycles. The van der Waals surface area contributed by atoms with Gasteiger partial charge in [0, 0.05) is 0 Å². The Bertz CT molecular complexity index is 510. The van der Waals surface area contributed by atoms with Crippen LogP contribution in [0.25, 0.3) is 0 Å². The molecular weight excluding hydrogens is 244 g/mol. The average molecular weight is 260 g/mol. The minimum absolute atomic E-state index is 0.0169. The van der Waals surface area contributed by atoms with Crippen molar-refractivity contribution in [2.24, 2.45) is 11.7 Å². The number of carbonyl (C=O) groups is 1. The molecule has 1 aromatic rings. The summed E-state index contributed by atoms with van der Waals surface area (Å²) in [6.07, 6.45) is 3.06. The summed E-state index contributed by atoms with van der Waals surface area (Å²) in [5.41, 5.74) is 8.12. The van der Waals surface area contributed by atoms with E-state index in [4.69, 9.17) is 18.0 Å². The van der Waals surface area contributed by atoms with Gasteiger partial charge in [-0.2, -0.15) is 0 Å². The maximum atomic E-state index is 12.2. The summed E-state index contributed by atoms with van der Waals surface area (Å²) in [5, 5.41) is 3.02. The van der Waals surface area contributed by atoms with E-state index in [2.05, 4.69) is 11.4 Å². The second-order valence-corrected chi connectivity index (χ2v) is 5.65. The highest BCUT2D eigenvalue weighted by Crippen LogP contribution is 2.36. The number of carbonyl (C=O) groups excluding carboxylic acids is 1. The van der Waals surface area contributed by atoms with Crippen molar-refractivity contribution in [1.82, 2.24) is 5.32 Å². The van der Waals surface area contributed by atoms with Crippen LogP contribution in [0.4, 0.5) is 0 Å². The SMILES string of the molecule is NC(=S)C(NC(=O)C1Cc2ccccc21)C1CC1. The lowest BCUT2D eigenvalue weighted by Gasteiger charge is -2.30. The van der Waals surface area contributed by atoms with E-state index < -0.39 is 0 Å². The number of nitrogens with one attached hydrogen (secondary N) is 1. The molecule has 0 heterocycles. The molecule has 3 rings (SSSR count). The molecule has 4 heteroatoms. The molecule has 1 fully saturated rings. The topological polar surface area (TPSA) is 55.1 Å². The predicted octanol–water partition coefficient (Wildman–Crippen LogP) is 1.51. The third-order valence-electron chi connectivity index (χ3n) is 3.87. The van der Waals surface area contributed by atoms with Gasteiger partial charge in [0.2, 0.25) is 5.91 Å². The average Bonchev–Trinajstić information content (AvgIpc) is 3.11. The van der Waals surface area contributed by atoms with Crippen molar-refractivity contribution in [1.29, 1.82) is 0 Å². The summed E-state index contributed by atoms with van der Waals surface area (Å²) in [7, 11) is 0. The van der Waals surface area contributed by atoms with Gasteiger partial charge in [0.05, 0.1) is 16.9 Å². The second kappa shape index (κ2) is 4.35. The Morgan fingerprint density at radius 2 is 2.11 bits per heavy atom. The number of benzene rings is 1. The number of hydrogen-bond donors (Lipinski definition) is 2. The third kappa shape index (κ3) is 2.01. The van der Waals surface area contributed by atoms with Crippen LogP contribution in [0.5, 0.6) is 0 Å². The summed E-state index contributed by atoms with van der Waals surface area (Å²) in [6.45, 7) is 0. The lowest BCUT2D eigenvalue weighted by Crippen LogP contribution is -2.48. The summed E-state index contributed by atoms with van der Waals surface area (Å²) in [6, 6.07) is 7.97. The monoisotopic (exact) mass is 260 g/mol. The van der Waals surface area contributed by atoms with Crippen molar-refractivity contribution in [2.45, 2.75) is 31.2 Å². The van der Waals surface area contributed by atoms with E-state index in [1.807, 2.05) is 18.2 Å². The van der Waals surface area contributed by atoms with Crippen LogP contribution in [0.15, 0.2) is 24.3 Å². The van der Waals surface area contributed by atoms with Gasteiger partial charge in [-0.3, -0.25) is 4.79 Å². The predicted molar refractivity (Wildman–Crippen MR) is 74.3 cm³/mol. The molecule has 2 aliphatic rings. The van der Waals surface area contributed by atoms with E-state index in [-0.39, 0.29) is 17.9 Å². The van der Waals surface area contributed by atoms with E-state index in [1.165, 1.54) is 5.56 Å². The Kier molecular flexibility index (Phi) is 2.82. The molecule has 94 valence electrons. The molecular formula is C14H16N2OS. The van der Waals surface area contributed by atoms with E-state index in [9.17, 15) is 4.79 Å². The fourth-order valence-corrected chi connectivity index (χ4v) is 2.85. The highest BCUT2D eigenvalue weighted by molar-refractivity contribution is 7.80. The standard InChI is InChI=1S/C14H16N2OS/c15-13(18)12(8-5-6-8)16-14(17)11-7-9-3-1-2-4-10(9)11/h1-4,8,11-12H,5-7H2,(H2,15,18)(H,16,17). The quantitative estimate of drug-likeness (QED) is 0.807. The molecule has 1 amide bonds. The Labute approximate surface area is 112 Å². The maximum absolute atomic E-state index is 12.2. The van der Waals surface area contributed by atoms with Gasteiger partial charge in [0.15, 0.2) is 0 Å². The van der Waals surface area contributed by atoms with Crippen molar-refractivity contribution in [3.8, 4) is 0 Å². The molecule has 2 unspecified atom stereocenters. The summed E-state index contributed by atoms with van der Waals surface area (Å²) >= 11 is 5.03. The molecule has 0 aromatic heterocycles. The van der Waals surface area contributed by atoms with Gasteiger partial charge in [-0.25, -0.2) is 0 Å². The van der Waals surface area contributed by atoms with Gasteiger partial charge in [0.25, 0.3) is 0 Å². The molecule has 1 aromatic carbocycles. The van der Waals surface area contributed by atoms with Crippen LogP contribution in [-0.2, 0) is 11.2 Å². The highest BCUT2D eigenvalue weighted by atomic mass is 32.1. The zero-order valence-electron chi connectivity index (χ0n) is 10.1. The van der Waals surface area contributed by atoms with Gasteiger partial charge < -0.3 is 11.1 Å². The largest absolute Gasteiger partial charge is 0.392 e. The van der Waals surface area contributed by atoms with Crippen LogP contribution in [0.1, 0.15) is 29.9 Å². The van der Waals surface area contributed by atoms with Gasteiger partial charge in [0.1, 0.15) is 0 Å². The Morgan fingerprint density at radius 1 is 1.39 bits per heavy atom. The van der Waals surface area contributed by atoms with Crippen molar-refractivity contribution in [3.05, 3.63) is 35.4 Å². The minimum Gasteiger partial charge on any atom is -0.392 e.